The van der Waals surface area contributed by atoms with Crippen LogP contribution in [0.15, 0.2) is 83.3 Å². The molecule has 0 heterocycles. The lowest BCUT2D eigenvalue weighted by atomic mass is 10.3. The van der Waals surface area contributed by atoms with Crippen LogP contribution in [0.4, 0.5) is 11.4 Å². The second kappa shape index (κ2) is 10.6. The first-order valence-electron chi connectivity index (χ1n) is 9.35. The van der Waals surface area contributed by atoms with E-state index in [4.69, 9.17) is 4.74 Å². The molecule has 0 aliphatic rings. The van der Waals surface area contributed by atoms with Crippen LogP contribution in [0.1, 0.15) is 0 Å². The highest BCUT2D eigenvalue weighted by Gasteiger charge is 2.12. The Morgan fingerprint density at radius 3 is 2.03 bits per heavy atom. The normalized spacial score (nSPS) is 10.5. The van der Waals surface area contributed by atoms with E-state index in [1.807, 2.05) is 48.5 Å². The number of rotatable bonds is 8. The van der Waals surface area contributed by atoms with E-state index >= 15 is 0 Å². The molecule has 30 heavy (non-hydrogen) atoms. The summed E-state index contributed by atoms with van der Waals surface area (Å²) in [7, 11) is 1.72. The van der Waals surface area contributed by atoms with Crippen molar-refractivity contribution in [3.63, 3.8) is 0 Å². The summed E-state index contributed by atoms with van der Waals surface area (Å²) in [6.07, 6.45) is 0. The number of benzene rings is 3. The van der Waals surface area contributed by atoms with E-state index < -0.39 is 0 Å². The largest absolute Gasteiger partial charge is 0.457 e. The second-order valence-corrected chi connectivity index (χ2v) is 7.54. The Balaban J connectivity index is 1.45. The predicted molar refractivity (Wildman–Crippen MR) is 122 cm³/mol. The maximum Gasteiger partial charge on any atom is 0.238 e. The number of likely N-dealkylation sites (N-methyl/N-ethyl adjacent to an activating group) is 1. The van der Waals surface area contributed by atoms with Crippen molar-refractivity contribution in [3.05, 3.63) is 83.3 Å². The summed E-state index contributed by atoms with van der Waals surface area (Å²) in [5.74, 6) is 1.03. The van der Waals surface area contributed by atoms with Crippen LogP contribution in [0.5, 0.6) is 11.5 Å². The smallest absolute Gasteiger partial charge is 0.238 e. The van der Waals surface area contributed by atoms with Crippen molar-refractivity contribution in [1.29, 1.82) is 0 Å². The first kappa shape index (κ1) is 21.5. The summed E-state index contributed by atoms with van der Waals surface area (Å²) in [5, 5.41) is 5.64. The van der Waals surface area contributed by atoms with E-state index in [1.165, 1.54) is 0 Å². The van der Waals surface area contributed by atoms with E-state index in [-0.39, 0.29) is 24.9 Å². The van der Waals surface area contributed by atoms with Crippen molar-refractivity contribution in [2.75, 3.05) is 30.8 Å². The first-order valence-corrected chi connectivity index (χ1v) is 10.1. The van der Waals surface area contributed by atoms with Gasteiger partial charge in [0.25, 0.3) is 0 Å². The molecule has 0 bridgehead atoms. The average Bonchev–Trinajstić information content (AvgIpc) is 2.72. The van der Waals surface area contributed by atoms with Crippen molar-refractivity contribution in [2.45, 2.75) is 0 Å². The molecular weight excluding hydrogens is 446 g/mol. The van der Waals surface area contributed by atoms with E-state index in [0.717, 1.165) is 10.2 Å². The fourth-order valence-corrected chi connectivity index (χ4v) is 3.11. The molecule has 2 N–H and O–H groups in total. The molecule has 7 heteroatoms. The third kappa shape index (κ3) is 6.72. The number of halogens is 1. The molecule has 3 aromatic rings. The number of carbonyl (C=O) groups excluding carboxylic acids is 2. The molecule has 0 aliphatic carbocycles. The zero-order valence-electron chi connectivity index (χ0n) is 16.5. The fraction of sp³-hybridized carbons (Fsp3) is 0.130. The molecule has 0 saturated heterocycles. The molecule has 0 aliphatic heterocycles. The summed E-state index contributed by atoms with van der Waals surface area (Å²) in [4.78, 5) is 26.1. The third-order valence-electron chi connectivity index (χ3n) is 4.09. The molecule has 0 aromatic heterocycles. The predicted octanol–water partition coefficient (Wildman–Crippen LogP) is 4.75. The minimum absolute atomic E-state index is 0.0889. The van der Waals surface area contributed by atoms with Gasteiger partial charge in [-0.05, 0) is 71.5 Å². The summed E-state index contributed by atoms with van der Waals surface area (Å²) in [5.41, 5.74) is 1.35. The number of nitrogens with zero attached hydrogens (tertiary/aromatic N) is 1. The molecule has 0 saturated carbocycles. The zero-order valence-corrected chi connectivity index (χ0v) is 18.1. The van der Waals surface area contributed by atoms with Crippen LogP contribution < -0.4 is 15.4 Å². The third-order valence-corrected chi connectivity index (χ3v) is 4.78. The van der Waals surface area contributed by atoms with Gasteiger partial charge in [0.1, 0.15) is 11.5 Å². The lowest BCUT2D eigenvalue weighted by molar-refractivity contribution is -0.119. The quantitative estimate of drug-likeness (QED) is 0.501. The molecule has 0 radical (unpaired) electrons. The number of carbonyl (C=O) groups is 2. The zero-order chi connectivity index (χ0) is 21.3. The number of hydrogen-bond donors (Lipinski definition) is 2. The van der Waals surface area contributed by atoms with Crippen molar-refractivity contribution >= 4 is 39.1 Å². The van der Waals surface area contributed by atoms with Crippen LogP contribution in [0, 0.1) is 0 Å². The number of hydrogen-bond acceptors (Lipinski definition) is 4. The Morgan fingerprint density at radius 1 is 0.800 bits per heavy atom. The first-order chi connectivity index (χ1) is 14.5. The van der Waals surface area contributed by atoms with Crippen molar-refractivity contribution < 1.29 is 14.3 Å². The Labute approximate surface area is 184 Å². The van der Waals surface area contributed by atoms with Gasteiger partial charge in [0.05, 0.1) is 18.8 Å². The van der Waals surface area contributed by atoms with E-state index in [1.54, 1.807) is 42.3 Å². The maximum atomic E-state index is 12.3. The van der Waals surface area contributed by atoms with Gasteiger partial charge in [0.15, 0.2) is 0 Å². The summed E-state index contributed by atoms with van der Waals surface area (Å²) >= 11 is 3.39. The van der Waals surface area contributed by atoms with E-state index in [0.29, 0.717) is 17.1 Å². The van der Waals surface area contributed by atoms with Gasteiger partial charge in [-0.2, -0.15) is 0 Å². The van der Waals surface area contributed by atoms with Crippen LogP contribution in [-0.2, 0) is 9.59 Å². The van der Waals surface area contributed by atoms with E-state index in [9.17, 15) is 9.59 Å². The molecule has 6 nitrogen and oxygen atoms in total. The van der Waals surface area contributed by atoms with Crippen LogP contribution in [0.2, 0.25) is 0 Å². The van der Waals surface area contributed by atoms with Gasteiger partial charge in [0, 0.05) is 10.2 Å². The second-order valence-electron chi connectivity index (χ2n) is 6.69. The Morgan fingerprint density at radius 2 is 1.37 bits per heavy atom. The average molecular weight is 468 g/mol. The van der Waals surface area contributed by atoms with Crippen molar-refractivity contribution in [2.24, 2.45) is 0 Å². The molecule has 154 valence electrons. The molecular formula is C23H22BrN3O3. The summed E-state index contributed by atoms with van der Waals surface area (Å²) in [6.45, 7) is 0.185. The summed E-state index contributed by atoms with van der Waals surface area (Å²) in [6, 6.07) is 24.0. The van der Waals surface area contributed by atoms with Gasteiger partial charge < -0.3 is 15.4 Å². The van der Waals surface area contributed by atoms with Crippen LogP contribution in [-0.4, -0.2) is 36.9 Å². The highest BCUT2D eigenvalue weighted by molar-refractivity contribution is 9.10. The number of nitrogens with one attached hydrogen (secondary N) is 2. The Hall–Kier alpha value is -3.16. The van der Waals surface area contributed by atoms with Gasteiger partial charge in [-0.3, -0.25) is 14.5 Å². The van der Waals surface area contributed by atoms with Gasteiger partial charge in [-0.15, -0.1) is 0 Å². The molecule has 3 rings (SSSR count). The van der Waals surface area contributed by atoms with Gasteiger partial charge in [0.2, 0.25) is 11.8 Å². The molecule has 0 fully saturated rings. The van der Waals surface area contributed by atoms with Crippen LogP contribution in [0.25, 0.3) is 0 Å². The number of amides is 2. The van der Waals surface area contributed by atoms with Crippen molar-refractivity contribution in [3.8, 4) is 11.5 Å². The topological polar surface area (TPSA) is 70.7 Å². The summed E-state index contributed by atoms with van der Waals surface area (Å²) < 4.78 is 6.54. The fourth-order valence-electron chi connectivity index (χ4n) is 2.73. The number of para-hydroxylation sites is 2. The molecule has 2 amide bonds. The minimum Gasteiger partial charge on any atom is -0.457 e. The van der Waals surface area contributed by atoms with Gasteiger partial charge in [-0.25, -0.2) is 0 Å². The van der Waals surface area contributed by atoms with Gasteiger partial charge in [-0.1, -0.05) is 30.3 Å². The Bertz CT molecular complexity index is 994. The standard InChI is InChI=1S/C23H22BrN3O3/c1-27(16-23(29)26-21-10-6-5-9-20(21)24)15-22(28)25-17-11-13-19(14-12-17)30-18-7-3-2-4-8-18/h2-14H,15-16H2,1H3,(H,25,28)(H,26,29). The maximum absolute atomic E-state index is 12.3. The molecule has 3 aromatic carbocycles. The molecule has 0 spiro atoms. The number of anilines is 2. The molecule has 0 atom stereocenters. The highest BCUT2D eigenvalue weighted by Crippen LogP contribution is 2.23. The minimum atomic E-state index is -0.206. The highest BCUT2D eigenvalue weighted by atomic mass is 79.9. The van der Waals surface area contributed by atoms with Gasteiger partial charge >= 0.3 is 0 Å². The lowest BCUT2D eigenvalue weighted by Crippen LogP contribution is -2.36. The van der Waals surface area contributed by atoms with Crippen LogP contribution in [0.3, 0.4) is 0 Å². The lowest BCUT2D eigenvalue weighted by Gasteiger charge is -2.16. The monoisotopic (exact) mass is 467 g/mol. The molecule has 0 unspecified atom stereocenters. The van der Waals surface area contributed by atoms with Crippen molar-refractivity contribution in [1.82, 2.24) is 4.90 Å². The van der Waals surface area contributed by atoms with E-state index in [2.05, 4.69) is 26.6 Å². The number of ether oxygens (including phenoxy) is 1. The van der Waals surface area contributed by atoms with Crippen LogP contribution >= 0.6 is 15.9 Å². The SMILES string of the molecule is CN(CC(=O)Nc1ccc(Oc2ccccc2)cc1)CC(=O)Nc1ccccc1Br. The Kier molecular flexibility index (Phi) is 7.59.